The van der Waals surface area contributed by atoms with Gasteiger partial charge in [-0.15, -0.1) is 0 Å². The summed E-state index contributed by atoms with van der Waals surface area (Å²) in [7, 11) is 0. The highest BCUT2D eigenvalue weighted by Gasteiger charge is 2.35. The van der Waals surface area contributed by atoms with Gasteiger partial charge in [0.15, 0.2) is 0 Å². The average molecular weight is 252 g/mol. The summed E-state index contributed by atoms with van der Waals surface area (Å²) in [5.41, 5.74) is 6.49. The van der Waals surface area contributed by atoms with Crippen LogP contribution in [0.1, 0.15) is 58.8 Å². The second-order valence-electron chi connectivity index (χ2n) is 6.94. The number of nitrogens with zero attached hydrogens (tertiary/aromatic N) is 1. The van der Waals surface area contributed by atoms with E-state index in [1.165, 1.54) is 25.7 Å². The van der Waals surface area contributed by atoms with Crippen LogP contribution >= 0.6 is 0 Å². The van der Waals surface area contributed by atoms with Gasteiger partial charge in [0.05, 0.1) is 5.92 Å². The number of piperidine rings is 1. The van der Waals surface area contributed by atoms with Crippen molar-refractivity contribution >= 4 is 5.91 Å². The summed E-state index contributed by atoms with van der Waals surface area (Å²) in [6.07, 6.45) is 7.99. The zero-order valence-corrected chi connectivity index (χ0v) is 12.0. The molecule has 1 amide bonds. The van der Waals surface area contributed by atoms with E-state index in [9.17, 15) is 4.79 Å². The zero-order valence-electron chi connectivity index (χ0n) is 12.0. The summed E-state index contributed by atoms with van der Waals surface area (Å²) in [4.78, 5) is 14.7. The highest BCUT2D eigenvalue weighted by molar-refractivity contribution is 5.79. The van der Waals surface area contributed by atoms with E-state index in [0.29, 0.717) is 5.91 Å². The molecule has 2 aliphatic rings. The molecule has 0 spiro atoms. The largest absolute Gasteiger partial charge is 0.342 e. The van der Waals surface area contributed by atoms with Crippen LogP contribution in [-0.2, 0) is 4.79 Å². The third-order valence-electron chi connectivity index (χ3n) is 4.60. The molecule has 1 saturated heterocycles. The molecule has 0 aromatic rings. The van der Waals surface area contributed by atoms with Gasteiger partial charge >= 0.3 is 0 Å². The van der Waals surface area contributed by atoms with Gasteiger partial charge in [-0.3, -0.25) is 4.79 Å². The molecule has 0 radical (unpaired) electrons. The van der Waals surface area contributed by atoms with Crippen LogP contribution in [0.2, 0.25) is 0 Å². The number of hydrogen-bond donors (Lipinski definition) is 1. The summed E-state index contributed by atoms with van der Waals surface area (Å²) in [6, 6.07) is 0.0880. The maximum Gasteiger partial charge on any atom is 0.227 e. The monoisotopic (exact) mass is 252 g/mol. The minimum absolute atomic E-state index is 0.0846. The second-order valence-corrected chi connectivity index (χ2v) is 6.94. The Morgan fingerprint density at radius 3 is 2.61 bits per heavy atom. The number of carbonyl (C=O) groups is 1. The smallest absolute Gasteiger partial charge is 0.227 e. The van der Waals surface area contributed by atoms with Gasteiger partial charge in [-0.05, 0) is 31.1 Å². The molecule has 1 aliphatic carbocycles. The Balaban J connectivity index is 2.00. The fourth-order valence-corrected chi connectivity index (χ4v) is 3.49. The van der Waals surface area contributed by atoms with Gasteiger partial charge in [-0.1, -0.05) is 33.1 Å². The standard InChI is InChI=1S/C15H28N2O/c1-15(2)9-6-10-17(11-15)14(18)12-7-4-3-5-8-13(12)16/h12-13H,3-11,16H2,1-2H3. The maximum atomic E-state index is 12.7. The first-order valence-corrected chi connectivity index (χ1v) is 7.54. The molecule has 2 atom stereocenters. The molecule has 18 heavy (non-hydrogen) atoms. The number of hydrogen-bond acceptors (Lipinski definition) is 2. The maximum absolute atomic E-state index is 12.7. The fraction of sp³-hybridized carbons (Fsp3) is 0.933. The minimum Gasteiger partial charge on any atom is -0.342 e. The molecule has 2 N–H and O–H groups in total. The van der Waals surface area contributed by atoms with E-state index in [4.69, 9.17) is 5.73 Å². The third kappa shape index (κ3) is 3.25. The van der Waals surface area contributed by atoms with Crippen LogP contribution in [0.15, 0.2) is 0 Å². The Labute approximate surface area is 111 Å². The quantitative estimate of drug-likeness (QED) is 0.729. The van der Waals surface area contributed by atoms with Crippen LogP contribution in [0.5, 0.6) is 0 Å². The zero-order chi connectivity index (χ0) is 13.2. The van der Waals surface area contributed by atoms with E-state index in [1.807, 2.05) is 0 Å². The van der Waals surface area contributed by atoms with E-state index in [1.54, 1.807) is 0 Å². The lowest BCUT2D eigenvalue weighted by Crippen LogP contribution is -2.49. The van der Waals surface area contributed by atoms with Crippen LogP contribution in [0.4, 0.5) is 0 Å². The molecular formula is C15H28N2O. The van der Waals surface area contributed by atoms with Gasteiger partial charge in [0, 0.05) is 19.1 Å². The summed E-state index contributed by atoms with van der Waals surface area (Å²) in [6.45, 7) is 6.37. The summed E-state index contributed by atoms with van der Waals surface area (Å²) in [5.74, 6) is 0.415. The Kier molecular flexibility index (Phi) is 4.31. The van der Waals surface area contributed by atoms with E-state index in [-0.39, 0.29) is 17.4 Å². The highest BCUT2D eigenvalue weighted by atomic mass is 16.2. The first-order chi connectivity index (χ1) is 8.49. The van der Waals surface area contributed by atoms with Crippen LogP contribution in [0, 0.1) is 11.3 Å². The van der Waals surface area contributed by atoms with Crippen molar-refractivity contribution in [2.75, 3.05) is 13.1 Å². The lowest BCUT2D eigenvalue weighted by atomic mass is 9.83. The molecule has 2 unspecified atom stereocenters. The molecule has 1 heterocycles. The number of likely N-dealkylation sites (tertiary alicyclic amines) is 1. The van der Waals surface area contributed by atoms with Gasteiger partial charge in [0.25, 0.3) is 0 Å². The van der Waals surface area contributed by atoms with Crippen molar-refractivity contribution in [3.63, 3.8) is 0 Å². The second kappa shape index (κ2) is 5.60. The first-order valence-electron chi connectivity index (χ1n) is 7.54. The number of carbonyl (C=O) groups excluding carboxylic acids is 1. The van der Waals surface area contributed by atoms with E-state index in [0.717, 1.165) is 32.4 Å². The number of rotatable bonds is 1. The molecule has 0 aromatic carbocycles. The first kappa shape index (κ1) is 13.9. The predicted molar refractivity (Wildman–Crippen MR) is 74.1 cm³/mol. The molecule has 1 saturated carbocycles. The molecule has 2 fully saturated rings. The van der Waals surface area contributed by atoms with E-state index in [2.05, 4.69) is 18.7 Å². The fourth-order valence-electron chi connectivity index (χ4n) is 3.49. The summed E-state index contributed by atoms with van der Waals surface area (Å²) >= 11 is 0. The molecule has 0 aromatic heterocycles. The molecular weight excluding hydrogens is 224 g/mol. The van der Waals surface area contributed by atoms with Gasteiger partial charge in [-0.2, -0.15) is 0 Å². The average Bonchev–Trinajstić information content (AvgIpc) is 2.51. The normalized spacial score (nSPS) is 32.9. The van der Waals surface area contributed by atoms with Gasteiger partial charge < -0.3 is 10.6 Å². The number of amides is 1. The Hall–Kier alpha value is -0.570. The molecule has 1 aliphatic heterocycles. The lowest BCUT2D eigenvalue weighted by Gasteiger charge is -2.40. The van der Waals surface area contributed by atoms with Crippen molar-refractivity contribution in [3.8, 4) is 0 Å². The van der Waals surface area contributed by atoms with Gasteiger partial charge in [0.2, 0.25) is 5.91 Å². The molecule has 2 rings (SSSR count). The Bertz CT molecular complexity index is 301. The van der Waals surface area contributed by atoms with Crippen molar-refractivity contribution in [2.45, 2.75) is 64.8 Å². The molecule has 0 bridgehead atoms. The van der Waals surface area contributed by atoms with Crippen molar-refractivity contribution in [3.05, 3.63) is 0 Å². The van der Waals surface area contributed by atoms with Crippen molar-refractivity contribution in [2.24, 2.45) is 17.1 Å². The third-order valence-corrected chi connectivity index (χ3v) is 4.60. The lowest BCUT2D eigenvalue weighted by molar-refractivity contribution is -0.139. The van der Waals surface area contributed by atoms with E-state index >= 15 is 0 Å². The summed E-state index contributed by atoms with van der Waals surface area (Å²) < 4.78 is 0. The molecule has 3 heteroatoms. The Morgan fingerprint density at radius 1 is 1.17 bits per heavy atom. The highest BCUT2D eigenvalue weighted by Crippen LogP contribution is 2.31. The molecule has 104 valence electrons. The van der Waals surface area contributed by atoms with Crippen LogP contribution < -0.4 is 5.73 Å². The predicted octanol–water partition coefficient (Wildman–Crippen LogP) is 2.54. The van der Waals surface area contributed by atoms with Crippen LogP contribution in [-0.4, -0.2) is 29.9 Å². The van der Waals surface area contributed by atoms with Crippen LogP contribution in [0.3, 0.4) is 0 Å². The SMILES string of the molecule is CC1(C)CCCN(C(=O)C2CCCCCC2N)C1. The number of nitrogens with two attached hydrogens (primary N) is 1. The van der Waals surface area contributed by atoms with Crippen molar-refractivity contribution in [1.82, 2.24) is 4.90 Å². The van der Waals surface area contributed by atoms with Gasteiger partial charge in [-0.25, -0.2) is 0 Å². The summed E-state index contributed by atoms with van der Waals surface area (Å²) in [5, 5.41) is 0. The van der Waals surface area contributed by atoms with E-state index < -0.39 is 0 Å². The Morgan fingerprint density at radius 2 is 1.89 bits per heavy atom. The van der Waals surface area contributed by atoms with Crippen LogP contribution in [0.25, 0.3) is 0 Å². The molecule has 3 nitrogen and oxygen atoms in total. The van der Waals surface area contributed by atoms with Crippen molar-refractivity contribution in [1.29, 1.82) is 0 Å². The van der Waals surface area contributed by atoms with Gasteiger partial charge in [0.1, 0.15) is 0 Å². The van der Waals surface area contributed by atoms with Crippen molar-refractivity contribution < 1.29 is 4.79 Å². The topological polar surface area (TPSA) is 46.3 Å². The minimum atomic E-state index is 0.0846.